The fourth-order valence-corrected chi connectivity index (χ4v) is 3.51. The van der Waals surface area contributed by atoms with Crippen molar-refractivity contribution in [2.45, 2.75) is 66.2 Å². The maximum Gasteiger partial charge on any atom is 0.000791 e. The molecule has 0 aromatic carbocycles. The lowest BCUT2D eigenvalue weighted by atomic mass is 9.68. The predicted molar refractivity (Wildman–Crippen MR) is 72.7 cm³/mol. The van der Waals surface area contributed by atoms with Crippen LogP contribution in [0.5, 0.6) is 0 Å². The Morgan fingerprint density at radius 3 is 2.62 bits per heavy atom. The fraction of sp³-hybridized carbons (Fsp3) is 1.00. The van der Waals surface area contributed by atoms with E-state index in [0.717, 1.165) is 11.8 Å². The van der Waals surface area contributed by atoms with Gasteiger partial charge in [-0.1, -0.05) is 47.0 Å². The summed E-state index contributed by atoms with van der Waals surface area (Å²) < 4.78 is 0. The van der Waals surface area contributed by atoms with E-state index >= 15 is 0 Å². The maximum absolute atomic E-state index is 3.66. The molecule has 1 saturated carbocycles. The van der Waals surface area contributed by atoms with Crippen molar-refractivity contribution in [3.63, 3.8) is 0 Å². The van der Waals surface area contributed by atoms with Crippen molar-refractivity contribution in [3.8, 4) is 0 Å². The molecule has 1 aliphatic carbocycles. The van der Waals surface area contributed by atoms with Gasteiger partial charge in [0.25, 0.3) is 0 Å². The zero-order valence-electron chi connectivity index (χ0n) is 11.8. The Balaban J connectivity index is 2.60. The number of nitrogens with one attached hydrogen (secondary N) is 1. The summed E-state index contributed by atoms with van der Waals surface area (Å²) in [6.45, 7) is 12.0. The molecule has 2 unspecified atom stereocenters. The smallest absolute Gasteiger partial charge is 0.000791 e. The van der Waals surface area contributed by atoms with Crippen molar-refractivity contribution in [3.05, 3.63) is 0 Å². The summed E-state index contributed by atoms with van der Waals surface area (Å²) in [4.78, 5) is 0. The molecule has 1 heteroatoms. The average Bonchev–Trinajstić information content (AvgIpc) is 2.41. The molecule has 0 radical (unpaired) electrons. The van der Waals surface area contributed by atoms with E-state index < -0.39 is 0 Å². The molecule has 2 atom stereocenters. The summed E-state index contributed by atoms with van der Waals surface area (Å²) in [5.41, 5.74) is 0.542. The molecule has 16 heavy (non-hydrogen) atoms. The standard InChI is InChI=1S/C15H31N/c1-5-11-16-12-15(4)10-8-6-7-9-14(15)13(2)3/h13-14,16H,5-12H2,1-4H3. The Labute approximate surface area is 102 Å². The van der Waals surface area contributed by atoms with Crippen LogP contribution in [0.2, 0.25) is 0 Å². The first-order chi connectivity index (χ1) is 7.60. The Hall–Kier alpha value is -0.0400. The van der Waals surface area contributed by atoms with Crippen LogP contribution in [0.3, 0.4) is 0 Å². The minimum atomic E-state index is 0.542. The highest BCUT2D eigenvalue weighted by Gasteiger charge is 2.36. The molecule has 1 N–H and O–H groups in total. The van der Waals surface area contributed by atoms with Gasteiger partial charge in [-0.2, -0.15) is 0 Å². The summed E-state index contributed by atoms with van der Waals surface area (Å²) in [5.74, 6) is 1.76. The van der Waals surface area contributed by atoms with E-state index in [1.54, 1.807) is 0 Å². The Kier molecular flexibility index (Phi) is 5.82. The van der Waals surface area contributed by atoms with Gasteiger partial charge in [0.1, 0.15) is 0 Å². The van der Waals surface area contributed by atoms with Crippen LogP contribution < -0.4 is 5.32 Å². The third kappa shape index (κ3) is 3.76. The van der Waals surface area contributed by atoms with E-state index in [-0.39, 0.29) is 0 Å². The molecule has 0 heterocycles. The lowest BCUT2D eigenvalue weighted by Crippen LogP contribution is -2.40. The van der Waals surface area contributed by atoms with Crippen LogP contribution in [0.25, 0.3) is 0 Å². The predicted octanol–water partition coefficient (Wildman–Crippen LogP) is 4.23. The molecule has 1 rings (SSSR count). The Morgan fingerprint density at radius 2 is 2.00 bits per heavy atom. The van der Waals surface area contributed by atoms with Gasteiger partial charge in [0, 0.05) is 6.54 Å². The normalized spacial score (nSPS) is 31.7. The largest absolute Gasteiger partial charge is 0.316 e. The molecule has 0 spiro atoms. The van der Waals surface area contributed by atoms with Gasteiger partial charge < -0.3 is 5.32 Å². The van der Waals surface area contributed by atoms with E-state index in [2.05, 4.69) is 33.0 Å². The number of rotatable bonds is 5. The van der Waals surface area contributed by atoms with E-state index in [4.69, 9.17) is 0 Å². The van der Waals surface area contributed by atoms with Crippen LogP contribution in [-0.4, -0.2) is 13.1 Å². The Bertz CT molecular complexity index is 188. The van der Waals surface area contributed by atoms with Gasteiger partial charge in [-0.05, 0) is 43.1 Å². The van der Waals surface area contributed by atoms with Crippen molar-refractivity contribution < 1.29 is 0 Å². The van der Waals surface area contributed by atoms with Crippen molar-refractivity contribution in [2.24, 2.45) is 17.3 Å². The zero-order valence-corrected chi connectivity index (χ0v) is 11.8. The van der Waals surface area contributed by atoms with Gasteiger partial charge in [-0.3, -0.25) is 0 Å². The molecule has 1 fully saturated rings. The highest BCUT2D eigenvalue weighted by Crippen LogP contribution is 2.43. The lowest BCUT2D eigenvalue weighted by molar-refractivity contribution is 0.120. The molecule has 0 bridgehead atoms. The van der Waals surface area contributed by atoms with Crippen LogP contribution in [0, 0.1) is 17.3 Å². The third-order valence-electron chi connectivity index (χ3n) is 4.42. The first kappa shape index (κ1) is 14.0. The Morgan fingerprint density at radius 1 is 1.25 bits per heavy atom. The second kappa shape index (κ2) is 6.64. The van der Waals surface area contributed by atoms with Crippen molar-refractivity contribution in [2.75, 3.05) is 13.1 Å². The van der Waals surface area contributed by atoms with Gasteiger partial charge in [0.15, 0.2) is 0 Å². The van der Waals surface area contributed by atoms with E-state index in [1.807, 2.05) is 0 Å². The summed E-state index contributed by atoms with van der Waals surface area (Å²) in [6, 6.07) is 0. The molecule has 0 amide bonds. The first-order valence-corrected chi connectivity index (χ1v) is 7.31. The van der Waals surface area contributed by atoms with Crippen molar-refractivity contribution in [1.82, 2.24) is 5.32 Å². The quantitative estimate of drug-likeness (QED) is 0.545. The topological polar surface area (TPSA) is 12.0 Å². The van der Waals surface area contributed by atoms with Crippen LogP contribution in [-0.2, 0) is 0 Å². The molecule has 0 aromatic rings. The molecular weight excluding hydrogens is 194 g/mol. The minimum Gasteiger partial charge on any atom is -0.316 e. The first-order valence-electron chi connectivity index (χ1n) is 7.31. The molecular formula is C15H31N. The SMILES string of the molecule is CCCNCC1(C)CCCCCC1C(C)C. The average molecular weight is 225 g/mol. The van der Waals surface area contributed by atoms with Crippen LogP contribution >= 0.6 is 0 Å². The zero-order chi connectivity index (χ0) is 12.0. The summed E-state index contributed by atoms with van der Waals surface area (Å²) in [6.07, 6.45) is 8.46. The summed E-state index contributed by atoms with van der Waals surface area (Å²) in [7, 11) is 0. The van der Waals surface area contributed by atoms with Gasteiger partial charge in [-0.15, -0.1) is 0 Å². The van der Waals surface area contributed by atoms with Gasteiger partial charge in [0.2, 0.25) is 0 Å². The lowest BCUT2D eigenvalue weighted by Gasteiger charge is -2.39. The molecule has 0 saturated heterocycles. The number of hydrogen-bond acceptors (Lipinski definition) is 1. The molecule has 0 aromatic heterocycles. The van der Waals surface area contributed by atoms with E-state index in [1.165, 1.54) is 51.6 Å². The molecule has 1 aliphatic rings. The van der Waals surface area contributed by atoms with E-state index in [9.17, 15) is 0 Å². The third-order valence-corrected chi connectivity index (χ3v) is 4.42. The summed E-state index contributed by atoms with van der Waals surface area (Å²) >= 11 is 0. The van der Waals surface area contributed by atoms with Gasteiger partial charge >= 0.3 is 0 Å². The maximum atomic E-state index is 3.66. The van der Waals surface area contributed by atoms with Gasteiger partial charge in [-0.25, -0.2) is 0 Å². The minimum absolute atomic E-state index is 0.542. The van der Waals surface area contributed by atoms with Crippen LogP contribution in [0.15, 0.2) is 0 Å². The van der Waals surface area contributed by atoms with Gasteiger partial charge in [0.05, 0.1) is 0 Å². The second-order valence-corrected chi connectivity index (χ2v) is 6.28. The second-order valence-electron chi connectivity index (χ2n) is 6.28. The molecule has 0 aliphatic heterocycles. The van der Waals surface area contributed by atoms with Crippen molar-refractivity contribution >= 4 is 0 Å². The monoisotopic (exact) mass is 225 g/mol. The van der Waals surface area contributed by atoms with Crippen LogP contribution in [0.1, 0.15) is 66.2 Å². The summed E-state index contributed by atoms with van der Waals surface area (Å²) in [5, 5.41) is 3.66. The van der Waals surface area contributed by atoms with E-state index in [0.29, 0.717) is 5.41 Å². The highest BCUT2D eigenvalue weighted by molar-refractivity contribution is 4.88. The molecule has 1 nitrogen and oxygen atoms in total. The van der Waals surface area contributed by atoms with Crippen LogP contribution in [0.4, 0.5) is 0 Å². The highest BCUT2D eigenvalue weighted by atomic mass is 14.9. The fourth-order valence-electron chi connectivity index (χ4n) is 3.51. The van der Waals surface area contributed by atoms with Crippen molar-refractivity contribution in [1.29, 1.82) is 0 Å². The number of hydrogen-bond donors (Lipinski definition) is 1. The molecule has 96 valence electrons.